The zero-order valence-electron chi connectivity index (χ0n) is 13.7. The average Bonchev–Trinajstić information content (AvgIpc) is 2.65. The van der Waals surface area contributed by atoms with Crippen LogP contribution in [0.1, 0.15) is 11.1 Å². The van der Waals surface area contributed by atoms with Crippen molar-refractivity contribution in [2.75, 3.05) is 13.2 Å². The van der Waals surface area contributed by atoms with Crippen molar-refractivity contribution in [2.24, 2.45) is 0 Å². The first-order valence-corrected chi connectivity index (χ1v) is 8.34. The van der Waals surface area contributed by atoms with Gasteiger partial charge in [0.2, 0.25) is 0 Å². The van der Waals surface area contributed by atoms with E-state index in [2.05, 4.69) is 24.3 Å². The van der Waals surface area contributed by atoms with Crippen LogP contribution >= 0.6 is 0 Å². The van der Waals surface area contributed by atoms with E-state index in [1.807, 2.05) is 60.7 Å². The predicted molar refractivity (Wildman–Crippen MR) is 97.7 cm³/mol. The summed E-state index contributed by atoms with van der Waals surface area (Å²) in [6, 6.07) is 28.6. The fourth-order valence-corrected chi connectivity index (χ4v) is 2.48. The van der Waals surface area contributed by atoms with Gasteiger partial charge < -0.3 is 9.47 Å². The van der Waals surface area contributed by atoms with Gasteiger partial charge in [0, 0.05) is 12.8 Å². The summed E-state index contributed by atoms with van der Waals surface area (Å²) < 4.78 is 11.5. The SMILES string of the molecule is c1ccc(OCCc2ccc(CCOc3ccccc3)cc2)cc1. The largest absolute Gasteiger partial charge is 0.493 e. The van der Waals surface area contributed by atoms with Crippen molar-refractivity contribution in [1.29, 1.82) is 0 Å². The molecule has 0 aliphatic carbocycles. The molecule has 0 radical (unpaired) electrons. The van der Waals surface area contributed by atoms with Gasteiger partial charge in [-0.3, -0.25) is 0 Å². The van der Waals surface area contributed by atoms with Crippen molar-refractivity contribution in [2.45, 2.75) is 12.8 Å². The topological polar surface area (TPSA) is 18.5 Å². The fourth-order valence-electron chi connectivity index (χ4n) is 2.48. The van der Waals surface area contributed by atoms with Gasteiger partial charge in [-0.25, -0.2) is 0 Å². The Hall–Kier alpha value is -2.74. The van der Waals surface area contributed by atoms with Crippen LogP contribution in [0, 0.1) is 0 Å². The highest BCUT2D eigenvalue weighted by atomic mass is 16.5. The van der Waals surface area contributed by atoms with Crippen molar-refractivity contribution < 1.29 is 9.47 Å². The van der Waals surface area contributed by atoms with E-state index in [0.29, 0.717) is 13.2 Å². The highest BCUT2D eigenvalue weighted by Crippen LogP contribution is 2.12. The molecule has 0 aliphatic heterocycles. The number of para-hydroxylation sites is 2. The van der Waals surface area contributed by atoms with E-state index in [0.717, 1.165) is 24.3 Å². The Bertz CT molecular complexity index is 641. The lowest BCUT2D eigenvalue weighted by Gasteiger charge is -2.08. The molecule has 3 aromatic carbocycles. The summed E-state index contributed by atoms with van der Waals surface area (Å²) in [5.41, 5.74) is 2.58. The van der Waals surface area contributed by atoms with Crippen LogP contribution in [0.15, 0.2) is 84.9 Å². The molecule has 0 fully saturated rings. The molecule has 0 saturated heterocycles. The third-order valence-corrected chi connectivity index (χ3v) is 3.83. The second-order valence-corrected chi connectivity index (χ2v) is 5.64. The van der Waals surface area contributed by atoms with E-state index < -0.39 is 0 Å². The van der Waals surface area contributed by atoms with Crippen LogP contribution in [0.3, 0.4) is 0 Å². The summed E-state index contributed by atoms with van der Waals surface area (Å²) in [6.07, 6.45) is 1.82. The van der Waals surface area contributed by atoms with Crippen molar-refractivity contribution in [3.63, 3.8) is 0 Å². The Kier molecular flexibility index (Phi) is 5.90. The number of hydrogen-bond acceptors (Lipinski definition) is 2. The first-order chi connectivity index (χ1) is 11.9. The predicted octanol–water partition coefficient (Wildman–Crippen LogP) is 4.93. The molecular formula is C22H22O2. The smallest absolute Gasteiger partial charge is 0.119 e. The first kappa shape index (κ1) is 16.1. The monoisotopic (exact) mass is 318 g/mol. The van der Waals surface area contributed by atoms with Crippen LogP contribution in [0.2, 0.25) is 0 Å². The summed E-state index contributed by atoms with van der Waals surface area (Å²) >= 11 is 0. The van der Waals surface area contributed by atoms with E-state index in [1.165, 1.54) is 11.1 Å². The van der Waals surface area contributed by atoms with E-state index >= 15 is 0 Å². The Morgan fingerprint density at radius 1 is 0.458 bits per heavy atom. The molecule has 0 heterocycles. The maximum absolute atomic E-state index is 5.73. The Balaban J connectivity index is 1.40. The molecule has 0 bridgehead atoms. The molecule has 0 aromatic heterocycles. The lowest BCUT2D eigenvalue weighted by atomic mass is 10.1. The second-order valence-electron chi connectivity index (χ2n) is 5.64. The number of hydrogen-bond donors (Lipinski definition) is 0. The van der Waals surface area contributed by atoms with E-state index in [4.69, 9.17) is 9.47 Å². The van der Waals surface area contributed by atoms with Crippen LogP contribution in [-0.2, 0) is 12.8 Å². The van der Waals surface area contributed by atoms with E-state index in [9.17, 15) is 0 Å². The summed E-state index contributed by atoms with van der Waals surface area (Å²) in [4.78, 5) is 0. The summed E-state index contributed by atoms with van der Waals surface area (Å²) in [5, 5.41) is 0. The summed E-state index contributed by atoms with van der Waals surface area (Å²) in [6.45, 7) is 1.39. The maximum Gasteiger partial charge on any atom is 0.119 e. The third kappa shape index (κ3) is 5.17. The minimum Gasteiger partial charge on any atom is -0.493 e. The van der Waals surface area contributed by atoms with Crippen molar-refractivity contribution >= 4 is 0 Å². The van der Waals surface area contributed by atoms with Gasteiger partial charge in [0.05, 0.1) is 13.2 Å². The molecule has 0 aliphatic rings. The lowest BCUT2D eigenvalue weighted by molar-refractivity contribution is 0.321. The highest BCUT2D eigenvalue weighted by Gasteiger charge is 1.98. The molecular weight excluding hydrogens is 296 g/mol. The quantitative estimate of drug-likeness (QED) is 0.586. The van der Waals surface area contributed by atoms with Gasteiger partial charge in [-0.15, -0.1) is 0 Å². The molecule has 0 unspecified atom stereocenters. The molecule has 2 heteroatoms. The zero-order chi connectivity index (χ0) is 16.5. The fraction of sp³-hybridized carbons (Fsp3) is 0.182. The molecule has 122 valence electrons. The number of rotatable bonds is 8. The van der Waals surface area contributed by atoms with Crippen LogP contribution in [0.25, 0.3) is 0 Å². The van der Waals surface area contributed by atoms with E-state index in [1.54, 1.807) is 0 Å². The van der Waals surface area contributed by atoms with Crippen LogP contribution in [-0.4, -0.2) is 13.2 Å². The van der Waals surface area contributed by atoms with Crippen LogP contribution in [0.5, 0.6) is 11.5 Å². The van der Waals surface area contributed by atoms with Crippen LogP contribution < -0.4 is 9.47 Å². The molecule has 0 saturated carbocycles. The molecule has 0 spiro atoms. The highest BCUT2D eigenvalue weighted by molar-refractivity contribution is 5.25. The average molecular weight is 318 g/mol. The molecule has 3 rings (SSSR count). The van der Waals surface area contributed by atoms with Crippen LogP contribution in [0.4, 0.5) is 0 Å². The standard InChI is InChI=1S/C22H22O2/c1-3-7-21(8-4-1)23-17-15-19-11-13-20(14-12-19)16-18-24-22-9-5-2-6-10-22/h1-14H,15-18H2. The molecule has 0 atom stereocenters. The Labute approximate surface area is 143 Å². The Morgan fingerprint density at radius 3 is 1.21 bits per heavy atom. The van der Waals surface area contributed by atoms with Gasteiger partial charge in [0.25, 0.3) is 0 Å². The van der Waals surface area contributed by atoms with Crippen molar-refractivity contribution in [3.05, 3.63) is 96.1 Å². The number of benzene rings is 3. The Morgan fingerprint density at radius 2 is 0.833 bits per heavy atom. The molecule has 3 aromatic rings. The molecule has 0 N–H and O–H groups in total. The maximum atomic E-state index is 5.73. The normalized spacial score (nSPS) is 10.3. The minimum atomic E-state index is 0.695. The van der Waals surface area contributed by atoms with Crippen molar-refractivity contribution in [1.82, 2.24) is 0 Å². The van der Waals surface area contributed by atoms with Crippen molar-refractivity contribution in [3.8, 4) is 11.5 Å². The second kappa shape index (κ2) is 8.78. The third-order valence-electron chi connectivity index (χ3n) is 3.83. The van der Waals surface area contributed by atoms with Gasteiger partial charge in [-0.05, 0) is 35.4 Å². The zero-order valence-corrected chi connectivity index (χ0v) is 13.7. The van der Waals surface area contributed by atoms with Gasteiger partial charge in [-0.1, -0.05) is 60.7 Å². The van der Waals surface area contributed by atoms with Gasteiger partial charge in [0.15, 0.2) is 0 Å². The first-order valence-electron chi connectivity index (χ1n) is 8.34. The number of ether oxygens (including phenoxy) is 2. The molecule has 0 amide bonds. The minimum absolute atomic E-state index is 0.695. The molecule has 2 nitrogen and oxygen atoms in total. The van der Waals surface area contributed by atoms with Gasteiger partial charge in [-0.2, -0.15) is 0 Å². The van der Waals surface area contributed by atoms with Gasteiger partial charge >= 0.3 is 0 Å². The van der Waals surface area contributed by atoms with Gasteiger partial charge in [0.1, 0.15) is 11.5 Å². The van der Waals surface area contributed by atoms with E-state index in [-0.39, 0.29) is 0 Å². The summed E-state index contributed by atoms with van der Waals surface area (Å²) in [5.74, 6) is 1.85. The lowest BCUT2D eigenvalue weighted by Crippen LogP contribution is -2.03. The molecule has 24 heavy (non-hydrogen) atoms. The summed E-state index contributed by atoms with van der Waals surface area (Å²) in [7, 11) is 0.